The molecule has 24 heavy (non-hydrogen) atoms. The highest BCUT2D eigenvalue weighted by Gasteiger charge is 2.21. The van der Waals surface area contributed by atoms with Crippen LogP contribution in [0.15, 0.2) is 29.3 Å². The van der Waals surface area contributed by atoms with Gasteiger partial charge in [0.15, 0.2) is 5.96 Å². The van der Waals surface area contributed by atoms with Crippen LogP contribution in [-0.4, -0.2) is 55.4 Å². The van der Waals surface area contributed by atoms with Crippen molar-refractivity contribution in [2.24, 2.45) is 4.99 Å². The molecule has 0 saturated carbocycles. The highest BCUT2D eigenvalue weighted by Crippen LogP contribution is 2.14. The third-order valence-corrected chi connectivity index (χ3v) is 4.22. The third kappa shape index (κ3) is 6.84. The van der Waals surface area contributed by atoms with Crippen molar-refractivity contribution in [2.75, 3.05) is 33.3 Å². The fourth-order valence-corrected chi connectivity index (χ4v) is 2.96. The first-order chi connectivity index (χ1) is 11.2. The molecule has 1 aliphatic heterocycles. The number of halogens is 1. The Labute approximate surface area is 162 Å². The molecule has 2 N–H and O–H groups in total. The Balaban J connectivity index is 0.00000288. The molecule has 0 atom stereocenters. The fraction of sp³-hybridized carbons (Fsp3) is 0.611. The van der Waals surface area contributed by atoms with Crippen LogP contribution < -0.4 is 5.32 Å². The Morgan fingerprint density at radius 1 is 1.29 bits per heavy atom. The molecular weight excluding hydrogens is 417 g/mol. The van der Waals surface area contributed by atoms with E-state index in [0.29, 0.717) is 11.9 Å². The Bertz CT molecular complexity index is 486. The lowest BCUT2D eigenvalue weighted by molar-refractivity contribution is 0.0264. The molecule has 6 heteroatoms. The predicted molar refractivity (Wildman–Crippen MR) is 109 cm³/mol. The van der Waals surface area contributed by atoms with Crippen molar-refractivity contribution in [1.29, 1.82) is 0 Å². The largest absolute Gasteiger partial charge is 0.508 e. The van der Waals surface area contributed by atoms with Crippen LogP contribution in [0.2, 0.25) is 0 Å². The highest BCUT2D eigenvalue weighted by atomic mass is 127. The summed E-state index contributed by atoms with van der Waals surface area (Å²) in [5, 5.41) is 12.7. The number of likely N-dealkylation sites (tertiary alicyclic amines) is 1. The molecule has 0 aromatic heterocycles. The van der Waals surface area contributed by atoms with E-state index < -0.39 is 0 Å². The summed E-state index contributed by atoms with van der Waals surface area (Å²) in [6, 6.07) is 7.43. The standard InChI is InChI=1S/C18H29N3O2.HI/c1-3-23-17-10-13-21(14-11-17)18(19-2)20-12-4-5-15-6-8-16(22)9-7-15;/h6-9,17,22H,3-5,10-14H2,1-2H3,(H,19,20);1H. The lowest BCUT2D eigenvalue weighted by Gasteiger charge is -2.34. The predicted octanol–water partition coefficient (Wildman–Crippen LogP) is 3.02. The van der Waals surface area contributed by atoms with Crippen LogP contribution >= 0.6 is 24.0 Å². The number of phenols is 1. The van der Waals surface area contributed by atoms with Crippen LogP contribution in [0.25, 0.3) is 0 Å². The topological polar surface area (TPSA) is 57.1 Å². The van der Waals surface area contributed by atoms with Crippen LogP contribution in [0.1, 0.15) is 31.7 Å². The van der Waals surface area contributed by atoms with E-state index in [0.717, 1.165) is 57.9 Å². The Morgan fingerprint density at radius 3 is 2.54 bits per heavy atom. The lowest BCUT2D eigenvalue weighted by Crippen LogP contribution is -2.47. The number of ether oxygens (including phenoxy) is 1. The van der Waals surface area contributed by atoms with E-state index in [4.69, 9.17) is 4.74 Å². The summed E-state index contributed by atoms with van der Waals surface area (Å²) in [5.41, 5.74) is 1.25. The normalized spacial score (nSPS) is 15.9. The van der Waals surface area contributed by atoms with Gasteiger partial charge >= 0.3 is 0 Å². The number of aryl methyl sites for hydroxylation is 1. The molecule has 1 fully saturated rings. The zero-order chi connectivity index (χ0) is 16.5. The molecule has 2 rings (SSSR count). The molecule has 136 valence electrons. The zero-order valence-electron chi connectivity index (χ0n) is 14.7. The van der Waals surface area contributed by atoms with Crippen LogP contribution in [0.5, 0.6) is 5.75 Å². The quantitative estimate of drug-likeness (QED) is 0.305. The summed E-state index contributed by atoms with van der Waals surface area (Å²) in [5.74, 6) is 1.31. The van der Waals surface area contributed by atoms with Crippen molar-refractivity contribution in [3.63, 3.8) is 0 Å². The van der Waals surface area contributed by atoms with Crippen LogP contribution in [0, 0.1) is 0 Å². The average molecular weight is 447 g/mol. The number of hydrogen-bond acceptors (Lipinski definition) is 3. The molecule has 1 aromatic rings. The van der Waals surface area contributed by atoms with Crippen molar-refractivity contribution in [3.8, 4) is 5.75 Å². The first kappa shape index (κ1) is 21.0. The Morgan fingerprint density at radius 2 is 1.96 bits per heavy atom. The lowest BCUT2D eigenvalue weighted by atomic mass is 10.1. The third-order valence-electron chi connectivity index (χ3n) is 4.22. The number of nitrogens with zero attached hydrogens (tertiary/aromatic N) is 2. The SMILES string of the molecule is CCOC1CCN(C(=NC)NCCCc2ccc(O)cc2)CC1.I. The molecule has 1 heterocycles. The van der Waals surface area contributed by atoms with Gasteiger partial charge in [-0.3, -0.25) is 4.99 Å². The maximum absolute atomic E-state index is 9.29. The number of aromatic hydroxyl groups is 1. The number of rotatable bonds is 6. The minimum absolute atomic E-state index is 0. The zero-order valence-corrected chi connectivity index (χ0v) is 17.0. The molecule has 1 saturated heterocycles. The average Bonchev–Trinajstić information content (AvgIpc) is 2.58. The van der Waals surface area contributed by atoms with Gasteiger partial charge in [0.1, 0.15) is 5.75 Å². The summed E-state index contributed by atoms with van der Waals surface area (Å²) < 4.78 is 5.70. The minimum atomic E-state index is 0. The van der Waals surface area contributed by atoms with E-state index >= 15 is 0 Å². The minimum Gasteiger partial charge on any atom is -0.508 e. The number of guanidine groups is 1. The summed E-state index contributed by atoms with van der Waals surface area (Å²) in [6.07, 6.45) is 4.59. The molecule has 0 bridgehead atoms. The van der Waals surface area contributed by atoms with Crippen molar-refractivity contribution < 1.29 is 9.84 Å². The highest BCUT2D eigenvalue weighted by molar-refractivity contribution is 14.0. The second-order valence-electron chi connectivity index (χ2n) is 5.89. The second kappa shape index (κ2) is 11.5. The summed E-state index contributed by atoms with van der Waals surface area (Å²) >= 11 is 0. The van der Waals surface area contributed by atoms with Crippen molar-refractivity contribution >= 4 is 29.9 Å². The van der Waals surface area contributed by atoms with E-state index in [9.17, 15) is 5.11 Å². The molecule has 0 spiro atoms. The van der Waals surface area contributed by atoms with Gasteiger partial charge in [-0.05, 0) is 50.3 Å². The van der Waals surface area contributed by atoms with Gasteiger partial charge < -0.3 is 20.1 Å². The number of hydrogen-bond donors (Lipinski definition) is 2. The van der Waals surface area contributed by atoms with E-state index in [2.05, 4.69) is 22.1 Å². The van der Waals surface area contributed by atoms with Crippen LogP contribution in [0.4, 0.5) is 0 Å². The van der Waals surface area contributed by atoms with Gasteiger partial charge in [-0.25, -0.2) is 0 Å². The van der Waals surface area contributed by atoms with Crippen LogP contribution in [-0.2, 0) is 11.2 Å². The maximum Gasteiger partial charge on any atom is 0.193 e. The molecule has 0 unspecified atom stereocenters. The Hall–Kier alpha value is -1.02. The first-order valence-electron chi connectivity index (χ1n) is 8.58. The maximum atomic E-state index is 9.29. The smallest absolute Gasteiger partial charge is 0.193 e. The van der Waals surface area contributed by atoms with E-state index in [1.807, 2.05) is 19.2 Å². The van der Waals surface area contributed by atoms with Gasteiger partial charge in [0.05, 0.1) is 6.10 Å². The van der Waals surface area contributed by atoms with Gasteiger partial charge in [0, 0.05) is 33.3 Å². The van der Waals surface area contributed by atoms with E-state index in [-0.39, 0.29) is 24.0 Å². The molecule has 1 aromatic carbocycles. The summed E-state index contributed by atoms with van der Waals surface area (Å²) in [6.45, 7) is 5.76. The van der Waals surface area contributed by atoms with Gasteiger partial charge in [-0.2, -0.15) is 0 Å². The second-order valence-corrected chi connectivity index (χ2v) is 5.89. The number of benzene rings is 1. The summed E-state index contributed by atoms with van der Waals surface area (Å²) in [7, 11) is 1.84. The number of piperidine rings is 1. The first-order valence-corrected chi connectivity index (χ1v) is 8.58. The van der Waals surface area contributed by atoms with Crippen molar-refractivity contribution in [3.05, 3.63) is 29.8 Å². The number of aliphatic imine (C=N–C) groups is 1. The van der Waals surface area contributed by atoms with Gasteiger partial charge in [-0.1, -0.05) is 12.1 Å². The van der Waals surface area contributed by atoms with Gasteiger partial charge in [-0.15, -0.1) is 24.0 Å². The van der Waals surface area contributed by atoms with E-state index in [1.165, 1.54) is 5.56 Å². The Kier molecular flexibility index (Phi) is 10.1. The molecular formula is C18H30IN3O2. The van der Waals surface area contributed by atoms with Gasteiger partial charge in [0.25, 0.3) is 0 Å². The van der Waals surface area contributed by atoms with Crippen molar-refractivity contribution in [1.82, 2.24) is 10.2 Å². The van der Waals surface area contributed by atoms with Crippen LogP contribution in [0.3, 0.4) is 0 Å². The molecule has 0 radical (unpaired) electrons. The number of phenolic OH excluding ortho intramolecular Hbond substituents is 1. The summed E-state index contributed by atoms with van der Waals surface area (Å²) in [4.78, 5) is 6.71. The van der Waals surface area contributed by atoms with Gasteiger partial charge in [0.2, 0.25) is 0 Å². The molecule has 5 nitrogen and oxygen atoms in total. The molecule has 0 amide bonds. The number of nitrogens with one attached hydrogen (secondary N) is 1. The monoisotopic (exact) mass is 447 g/mol. The van der Waals surface area contributed by atoms with Crippen molar-refractivity contribution in [2.45, 2.75) is 38.7 Å². The van der Waals surface area contributed by atoms with E-state index in [1.54, 1.807) is 12.1 Å². The molecule has 1 aliphatic rings. The molecule has 0 aliphatic carbocycles. The fourth-order valence-electron chi connectivity index (χ4n) is 2.96.